The second-order valence-corrected chi connectivity index (χ2v) is 6.46. The van der Waals surface area contributed by atoms with Crippen LogP contribution in [0.5, 0.6) is 0 Å². The zero-order chi connectivity index (χ0) is 16.3. The molecule has 1 N–H and O–H groups in total. The molecule has 2 atom stereocenters. The first kappa shape index (κ1) is 18.2. The van der Waals surface area contributed by atoms with Crippen LogP contribution >= 0.6 is 0 Å². The molecular formula is C11H18F2O7S. The number of hydrogen-bond donors (Lipinski definition) is 1. The third kappa shape index (κ3) is 4.09. The molecule has 0 radical (unpaired) electrons. The molecule has 21 heavy (non-hydrogen) atoms. The lowest BCUT2D eigenvalue weighted by Gasteiger charge is -2.40. The van der Waals surface area contributed by atoms with E-state index in [1.807, 2.05) is 0 Å². The average molecular weight is 332 g/mol. The van der Waals surface area contributed by atoms with E-state index in [4.69, 9.17) is 14.0 Å². The second kappa shape index (κ2) is 6.51. The molecule has 1 aliphatic rings. The maximum atomic E-state index is 13.3. The normalized spacial score (nSPS) is 27.4. The average Bonchev–Trinajstić information content (AvgIpc) is 2.36. The summed E-state index contributed by atoms with van der Waals surface area (Å²) >= 11 is 0. The van der Waals surface area contributed by atoms with Gasteiger partial charge in [0.15, 0.2) is 0 Å². The summed E-state index contributed by atoms with van der Waals surface area (Å²) in [6.07, 6.45) is 1.33. The van der Waals surface area contributed by atoms with E-state index in [9.17, 15) is 22.0 Å². The van der Waals surface area contributed by atoms with E-state index >= 15 is 0 Å². The van der Waals surface area contributed by atoms with Crippen molar-refractivity contribution < 1.29 is 40.8 Å². The molecule has 1 fully saturated rings. The van der Waals surface area contributed by atoms with Crippen molar-refractivity contribution >= 4 is 16.1 Å². The lowest BCUT2D eigenvalue weighted by Crippen LogP contribution is -2.51. The molecule has 0 aromatic carbocycles. The fourth-order valence-corrected chi connectivity index (χ4v) is 2.43. The molecule has 0 bridgehead atoms. The van der Waals surface area contributed by atoms with Gasteiger partial charge >= 0.3 is 21.3 Å². The predicted octanol–water partition coefficient (Wildman–Crippen LogP) is 1.33. The highest BCUT2D eigenvalue weighted by Crippen LogP contribution is 2.36. The number of alkyl halides is 2. The van der Waals surface area contributed by atoms with Crippen LogP contribution in [0.15, 0.2) is 0 Å². The van der Waals surface area contributed by atoms with Crippen LogP contribution in [0.3, 0.4) is 0 Å². The Morgan fingerprint density at radius 1 is 1.43 bits per heavy atom. The van der Waals surface area contributed by atoms with Crippen molar-refractivity contribution in [3.05, 3.63) is 0 Å². The number of carbonyl (C=O) groups is 1. The van der Waals surface area contributed by atoms with E-state index in [-0.39, 0.29) is 13.2 Å². The number of halogens is 2. The van der Waals surface area contributed by atoms with Gasteiger partial charge in [0.05, 0.1) is 6.10 Å². The van der Waals surface area contributed by atoms with E-state index in [2.05, 4.69) is 4.74 Å². The molecule has 0 saturated heterocycles. The maximum absolute atomic E-state index is 13.3. The topological polar surface area (TPSA) is 99.1 Å². The zero-order valence-corrected chi connectivity index (χ0v) is 12.5. The molecule has 2 unspecified atom stereocenters. The molecule has 0 spiro atoms. The van der Waals surface area contributed by atoms with Crippen LogP contribution in [0.1, 0.15) is 32.6 Å². The zero-order valence-electron chi connectivity index (χ0n) is 11.7. The van der Waals surface area contributed by atoms with E-state index in [0.717, 1.165) is 6.42 Å². The Labute approximate surface area is 121 Å². The Morgan fingerprint density at radius 2 is 2.05 bits per heavy atom. The van der Waals surface area contributed by atoms with Crippen molar-refractivity contribution in [3.8, 4) is 0 Å². The van der Waals surface area contributed by atoms with Gasteiger partial charge < -0.3 is 14.2 Å². The van der Waals surface area contributed by atoms with E-state index in [1.54, 1.807) is 0 Å². The van der Waals surface area contributed by atoms with Crippen molar-refractivity contribution in [3.63, 3.8) is 0 Å². The minimum absolute atomic E-state index is 0.119. The first-order valence-electron chi connectivity index (χ1n) is 6.23. The van der Waals surface area contributed by atoms with Crippen LogP contribution in [0.25, 0.3) is 0 Å². The first-order valence-corrected chi connectivity index (χ1v) is 7.67. The molecule has 7 nitrogen and oxygen atoms in total. The monoisotopic (exact) mass is 332 g/mol. The first-order chi connectivity index (χ1) is 9.54. The molecule has 124 valence electrons. The maximum Gasteiger partial charge on any atom is 0.465 e. The van der Waals surface area contributed by atoms with Crippen molar-refractivity contribution in [2.24, 2.45) is 0 Å². The quantitative estimate of drug-likeness (QED) is 0.445. The number of methoxy groups -OCH3 is 1. The van der Waals surface area contributed by atoms with Crippen molar-refractivity contribution in [1.29, 1.82) is 0 Å². The SMILES string of the molecule is COCOC1CCCCC1(C)OC(=O)C(F)(F)S(=O)(=O)O. The molecule has 1 rings (SSSR count). The Hall–Kier alpha value is -0.840. The summed E-state index contributed by atoms with van der Waals surface area (Å²) in [4.78, 5) is 11.4. The van der Waals surface area contributed by atoms with Gasteiger partial charge in [0, 0.05) is 7.11 Å². The smallest absolute Gasteiger partial charge is 0.451 e. The lowest BCUT2D eigenvalue weighted by atomic mass is 9.83. The number of esters is 1. The van der Waals surface area contributed by atoms with Crippen molar-refractivity contribution in [2.45, 2.75) is 49.6 Å². The minimum Gasteiger partial charge on any atom is -0.451 e. The molecule has 0 aromatic rings. The van der Waals surface area contributed by atoms with Crippen LogP contribution in [0.4, 0.5) is 8.78 Å². The van der Waals surface area contributed by atoms with Gasteiger partial charge in [-0.1, -0.05) is 6.42 Å². The molecule has 1 saturated carbocycles. The minimum atomic E-state index is -5.89. The number of rotatable bonds is 6. The molecule has 0 aliphatic heterocycles. The van der Waals surface area contributed by atoms with Crippen LogP contribution in [0.2, 0.25) is 0 Å². The van der Waals surface area contributed by atoms with Gasteiger partial charge in [0.25, 0.3) is 0 Å². The van der Waals surface area contributed by atoms with E-state index in [1.165, 1.54) is 14.0 Å². The summed E-state index contributed by atoms with van der Waals surface area (Å²) in [5.74, 6) is -2.32. The molecule has 10 heteroatoms. The highest BCUT2D eigenvalue weighted by Gasteiger charge is 2.57. The number of carbonyl (C=O) groups excluding carboxylic acids is 1. The van der Waals surface area contributed by atoms with Gasteiger partial charge in [-0.05, 0) is 26.2 Å². The lowest BCUT2D eigenvalue weighted by molar-refractivity contribution is -0.208. The second-order valence-electron chi connectivity index (χ2n) is 5.00. The Bertz CT molecular complexity index is 479. The van der Waals surface area contributed by atoms with Crippen LogP contribution in [0, 0.1) is 0 Å². The van der Waals surface area contributed by atoms with Gasteiger partial charge in [0.1, 0.15) is 12.4 Å². The molecule has 0 heterocycles. The summed E-state index contributed by atoms with van der Waals surface area (Å²) in [6, 6.07) is 0. The van der Waals surface area contributed by atoms with Crippen molar-refractivity contribution in [2.75, 3.05) is 13.9 Å². The highest BCUT2D eigenvalue weighted by atomic mass is 32.2. The van der Waals surface area contributed by atoms with Gasteiger partial charge in [0.2, 0.25) is 0 Å². The highest BCUT2D eigenvalue weighted by molar-refractivity contribution is 7.87. The van der Waals surface area contributed by atoms with Crippen LogP contribution < -0.4 is 0 Å². The van der Waals surface area contributed by atoms with Crippen LogP contribution in [-0.4, -0.2) is 49.8 Å². The Morgan fingerprint density at radius 3 is 2.57 bits per heavy atom. The van der Waals surface area contributed by atoms with E-state index in [0.29, 0.717) is 12.8 Å². The van der Waals surface area contributed by atoms with Gasteiger partial charge in [-0.3, -0.25) is 4.55 Å². The number of ether oxygens (including phenoxy) is 3. The summed E-state index contributed by atoms with van der Waals surface area (Å²) in [7, 11) is -4.51. The van der Waals surface area contributed by atoms with Crippen LogP contribution in [-0.2, 0) is 29.1 Å². The Kier molecular flexibility index (Phi) is 5.64. The third-order valence-electron chi connectivity index (χ3n) is 3.35. The summed E-state index contributed by atoms with van der Waals surface area (Å²) in [5.41, 5.74) is -1.41. The summed E-state index contributed by atoms with van der Waals surface area (Å²) in [6.45, 7) is 1.26. The summed E-state index contributed by atoms with van der Waals surface area (Å²) in [5, 5.41) is -5.01. The standard InChI is InChI=1S/C11H18F2O7S/c1-10(6-4-3-5-8(10)19-7-18-2)20-9(14)11(12,13)21(15,16)17/h8H,3-7H2,1-2H3,(H,15,16,17). The third-order valence-corrected chi connectivity index (χ3v) is 4.16. The van der Waals surface area contributed by atoms with Gasteiger partial charge in [-0.25, -0.2) is 4.79 Å². The molecular weight excluding hydrogens is 314 g/mol. The Balaban J connectivity index is 2.88. The molecule has 1 aliphatic carbocycles. The fraction of sp³-hybridized carbons (Fsp3) is 0.909. The fourth-order valence-electron chi connectivity index (χ4n) is 2.18. The molecule has 0 amide bonds. The van der Waals surface area contributed by atoms with Gasteiger partial charge in [-0.15, -0.1) is 0 Å². The predicted molar refractivity (Wildman–Crippen MR) is 66.2 cm³/mol. The van der Waals surface area contributed by atoms with Crippen molar-refractivity contribution in [1.82, 2.24) is 0 Å². The summed E-state index contributed by atoms with van der Waals surface area (Å²) < 4.78 is 70.7. The van der Waals surface area contributed by atoms with E-state index < -0.39 is 33.0 Å². The molecule has 0 aromatic heterocycles. The largest absolute Gasteiger partial charge is 0.465 e. The van der Waals surface area contributed by atoms with Gasteiger partial charge in [-0.2, -0.15) is 17.2 Å². The number of hydrogen-bond acceptors (Lipinski definition) is 6.